The Morgan fingerprint density at radius 3 is 2.39 bits per heavy atom. The van der Waals surface area contributed by atoms with Crippen molar-refractivity contribution < 1.29 is 22.9 Å². The molecule has 2 aromatic carbocycles. The summed E-state index contributed by atoms with van der Waals surface area (Å²) in [5.74, 6) is -0.820. The lowest BCUT2D eigenvalue weighted by atomic mass is 10.0. The molecule has 2 aromatic rings. The van der Waals surface area contributed by atoms with Crippen molar-refractivity contribution in [1.82, 2.24) is 4.31 Å². The van der Waals surface area contributed by atoms with E-state index >= 15 is 0 Å². The number of benzene rings is 2. The standard InChI is InChI=1S/C21H24N4O6S2/c1-14-8-10-24(11-9-14)33(30,31)17-5-3-16(4-6-17)23-20(26)13-32-19-7-2-15(21(22)27)12-18(19)25(28)29/h2-7,12,14H,8-11,13H2,1H3,(H2,22,27)(H,23,26). The summed E-state index contributed by atoms with van der Waals surface area (Å²) in [5.41, 5.74) is 5.25. The topological polar surface area (TPSA) is 153 Å². The second kappa shape index (κ2) is 10.3. The Labute approximate surface area is 195 Å². The van der Waals surface area contributed by atoms with Crippen LogP contribution in [0.1, 0.15) is 30.1 Å². The smallest absolute Gasteiger partial charge is 0.283 e. The van der Waals surface area contributed by atoms with E-state index in [-0.39, 0.29) is 26.8 Å². The number of nitrogens with zero attached hydrogens (tertiary/aromatic N) is 2. The number of rotatable bonds is 8. The van der Waals surface area contributed by atoms with Crippen molar-refractivity contribution in [3.8, 4) is 0 Å². The van der Waals surface area contributed by atoms with Crippen molar-refractivity contribution in [3.05, 3.63) is 58.1 Å². The van der Waals surface area contributed by atoms with Gasteiger partial charge >= 0.3 is 0 Å². The summed E-state index contributed by atoms with van der Waals surface area (Å²) in [6.07, 6.45) is 1.66. The number of hydrogen-bond acceptors (Lipinski definition) is 7. The molecule has 0 aliphatic carbocycles. The molecule has 1 heterocycles. The van der Waals surface area contributed by atoms with Gasteiger partial charge < -0.3 is 11.1 Å². The summed E-state index contributed by atoms with van der Waals surface area (Å²) >= 11 is 0.941. The zero-order valence-corrected chi connectivity index (χ0v) is 19.5. The molecule has 0 spiro atoms. The van der Waals surface area contributed by atoms with E-state index < -0.39 is 26.8 Å². The van der Waals surface area contributed by atoms with E-state index in [2.05, 4.69) is 12.2 Å². The molecule has 2 amide bonds. The summed E-state index contributed by atoms with van der Waals surface area (Å²) < 4.78 is 27.1. The fraction of sp³-hybridized carbons (Fsp3) is 0.333. The van der Waals surface area contributed by atoms with Gasteiger partial charge in [0.25, 0.3) is 5.69 Å². The lowest BCUT2D eigenvalue weighted by molar-refractivity contribution is -0.387. The van der Waals surface area contributed by atoms with Gasteiger partial charge in [-0.15, -0.1) is 11.8 Å². The lowest BCUT2D eigenvalue weighted by Gasteiger charge is -2.29. The van der Waals surface area contributed by atoms with E-state index in [1.807, 2.05) is 0 Å². The van der Waals surface area contributed by atoms with Crippen molar-refractivity contribution in [2.45, 2.75) is 29.6 Å². The third kappa shape index (κ3) is 6.09. The number of nitrogens with two attached hydrogens (primary N) is 1. The van der Waals surface area contributed by atoms with Gasteiger partial charge in [-0.3, -0.25) is 19.7 Å². The van der Waals surface area contributed by atoms with Crippen LogP contribution < -0.4 is 11.1 Å². The number of carbonyl (C=O) groups is 2. The molecule has 3 rings (SSSR count). The lowest BCUT2D eigenvalue weighted by Crippen LogP contribution is -2.37. The van der Waals surface area contributed by atoms with Gasteiger partial charge in [0, 0.05) is 30.4 Å². The van der Waals surface area contributed by atoms with E-state index in [1.165, 1.54) is 40.7 Å². The SMILES string of the molecule is CC1CCN(S(=O)(=O)c2ccc(NC(=O)CSc3ccc(C(N)=O)cc3[N+](=O)[O-])cc2)CC1. The quantitative estimate of drug-likeness (QED) is 0.326. The monoisotopic (exact) mass is 492 g/mol. The first kappa shape index (κ1) is 24.7. The predicted octanol–water partition coefficient (Wildman–Crippen LogP) is 2.85. The molecule has 0 radical (unpaired) electrons. The van der Waals surface area contributed by atoms with Gasteiger partial charge in [0.05, 0.1) is 20.5 Å². The van der Waals surface area contributed by atoms with Crippen LogP contribution in [0, 0.1) is 16.0 Å². The Morgan fingerprint density at radius 1 is 1.18 bits per heavy atom. The first-order valence-corrected chi connectivity index (χ1v) is 12.6. The number of carbonyl (C=O) groups excluding carboxylic acids is 2. The van der Waals surface area contributed by atoms with Crippen LogP contribution in [0.4, 0.5) is 11.4 Å². The summed E-state index contributed by atoms with van der Waals surface area (Å²) in [5, 5.41) is 13.9. The van der Waals surface area contributed by atoms with Crippen LogP contribution >= 0.6 is 11.8 Å². The Balaban J connectivity index is 1.61. The van der Waals surface area contributed by atoms with Crippen molar-refractivity contribution >= 4 is 45.0 Å². The highest BCUT2D eigenvalue weighted by atomic mass is 32.2. The van der Waals surface area contributed by atoms with Crippen molar-refractivity contribution in [1.29, 1.82) is 0 Å². The molecule has 0 bridgehead atoms. The number of nitro groups is 1. The number of primary amides is 1. The number of anilines is 1. The van der Waals surface area contributed by atoms with Crippen molar-refractivity contribution in [3.63, 3.8) is 0 Å². The largest absolute Gasteiger partial charge is 0.366 e. The first-order chi connectivity index (χ1) is 15.6. The maximum atomic E-state index is 12.8. The molecule has 176 valence electrons. The molecule has 0 aromatic heterocycles. The highest BCUT2D eigenvalue weighted by Gasteiger charge is 2.28. The van der Waals surface area contributed by atoms with E-state index in [1.54, 1.807) is 0 Å². The predicted molar refractivity (Wildman–Crippen MR) is 125 cm³/mol. The average Bonchev–Trinajstić information content (AvgIpc) is 2.78. The third-order valence-electron chi connectivity index (χ3n) is 5.32. The molecule has 3 N–H and O–H groups in total. The van der Waals surface area contributed by atoms with Crippen LogP contribution in [0.25, 0.3) is 0 Å². The van der Waals surface area contributed by atoms with Gasteiger partial charge in [0.1, 0.15) is 0 Å². The van der Waals surface area contributed by atoms with Gasteiger partial charge in [0.15, 0.2) is 0 Å². The summed E-state index contributed by atoms with van der Waals surface area (Å²) in [6, 6.07) is 9.71. The zero-order valence-electron chi connectivity index (χ0n) is 17.9. The number of hydrogen-bond donors (Lipinski definition) is 2. The van der Waals surface area contributed by atoms with Gasteiger partial charge in [-0.25, -0.2) is 8.42 Å². The Kier molecular flexibility index (Phi) is 7.72. The van der Waals surface area contributed by atoms with Crippen LogP contribution in [-0.2, 0) is 14.8 Å². The Morgan fingerprint density at radius 2 is 1.82 bits per heavy atom. The van der Waals surface area contributed by atoms with Crippen molar-refractivity contribution in [2.75, 3.05) is 24.2 Å². The fourth-order valence-corrected chi connectivity index (χ4v) is 5.63. The van der Waals surface area contributed by atoms with Gasteiger partial charge in [-0.05, 0) is 55.2 Å². The van der Waals surface area contributed by atoms with Gasteiger partial charge in [-0.2, -0.15) is 4.31 Å². The van der Waals surface area contributed by atoms with Gasteiger partial charge in [-0.1, -0.05) is 6.92 Å². The maximum absolute atomic E-state index is 12.8. The van der Waals surface area contributed by atoms with Crippen LogP contribution in [0.2, 0.25) is 0 Å². The number of amides is 2. The maximum Gasteiger partial charge on any atom is 0.283 e. The molecule has 1 fully saturated rings. The number of nitrogens with one attached hydrogen (secondary N) is 1. The number of thioether (sulfide) groups is 1. The average molecular weight is 493 g/mol. The zero-order chi connectivity index (χ0) is 24.2. The third-order valence-corrected chi connectivity index (χ3v) is 8.29. The van der Waals surface area contributed by atoms with E-state index in [4.69, 9.17) is 5.73 Å². The van der Waals surface area contributed by atoms with E-state index in [9.17, 15) is 28.1 Å². The second-order valence-electron chi connectivity index (χ2n) is 7.75. The molecule has 12 heteroatoms. The van der Waals surface area contributed by atoms with Crippen LogP contribution in [0.15, 0.2) is 52.3 Å². The summed E-state index contributed by atoms with van der Waals surface area (Å²) in [4.78, 5) is 34.5. The Bertz CT molecular complexity index is 1160. The molecule has 0 unspecified atom stereocenters. The molecular formula is C21H24N4O6S2. The molecule has 1 aliphatic heterocycles. The first-order valence-electron chi connectivity index (χ1n) is 10.2. The molecule has 0 atom stereocenters. The molecule has 0 saturated carbocycles. The summed E-state index contributed by atoms with van der Waals surface area (Å²) in [7, 11) is -3.58. The Hall–Kier alpha value is -2.96. The van der Waals surface area contributed by atoms with Crippen LogP contribution in [0.5, 0.6) is 0 Å². The number of piperidine rings is 1. The van der Waals surface area contributed by atoms with Crippen LogP contribution in [-0.4, -0.2) is 48.3 Å². The van der Waals surface area contributed by atoms with E-state index in [0.29, 0.717) is 24.7 Å². The molecule has 1 saturated heterocycles. The fourth-order valence-electron chi connectivity index (χ4n) is 3.36. The number of nitro benzene ring substituents is 1. The molecule has 10 nitrogen and oxygen atoms in total. The highest BCUT2D eigenvalue weighted by molar-refractivity contribution is 8.00. The minimum absolute atomic E-state index is 0.00427. The minimum Gasteiger partial charge on any atom is -0.366 e. The molecule has 33 heavy (non-hydrogen) atoms. The minimum atomic E-state index is -3.58. The summed E-state index contributed by atoms with van der Waals surface area (Å²) in [6.45, 7) is 3.09. The normalized spacial score (nSPS) is 15.2. The van der Waals surface area contributed by atoms with E-state index in [0.717, 1.165) is 30.7 Å². The molecule has 1 aliphatic rings. The highest BCUT2D eigenvalue weighted by Crippen LogP contribution is 2.30. The number of sulfonamides is 1. The van der Waals surface area contributed by atoms with Gasteiger partial charge in [0.2, 0.25) is 21.8 Å². The van der Waals surface area contributed by atoms with Crippen LogP contribution in [0.3, 0.4) is 0 Å². The van der Waals surface area contributed by atoms with Crippen molar-refractivity contribution in [2.24, 2.45) is 11.7 Å². The second-order valence-corrected chi connectivity index (χ2v) is 10.7. The molecular weight excluding hydrogens is 468 g/mol.